The number of aliphatic hydroxyl groups is 1. The van der Waals surface area contributed by atoms with Crippen LogP contribution in [0.4, 0.5) is 0 Å². The predicted molar refractivity (Wildman–Crippen MR) is 94.9 cm³/mol. The lowest BCUT2D eigenvalue weighted by Crippen LogP contribution is -2.55. The van der Waals surface area contributed by atoms with Crippen molar-refractivity contribution in [2.24, 2.45) is 0 Å². The van der Waals surface area contributed by atoms with Crippen molar-refractivity contribution in [3.63, 3.8) is 0 Å². The highest BCUT2D eigenvalue weighted by atomic mass is 32.1. The van der Waals surface area contributed by atoms with Crippen molar-refractivity contribution in [3.05, 3.63) is 16.6 Å². The minimum absolute atomic E-state index is 0.0499. The summed E-state index contributed by atoms with van der Waals surface area (Å²) in [5.74, 6) is 0.0499. The maximum atomic E-state index is 12.3. The lowest BCUT2D eigenvalue weighted by Gasteiger charge is -2.36. The first-order valence-corrected chi connectivity index (χ1v) is 9.94. The molecule has 2 fully saturated rings. The van der Waals surface area contributed by atoms with E-state index in [2.05, 4.69) is 20.1 Å². The molecular formula is C17H28N4O2S. The van der Waals surface area contributed by atoms with E-state index in [9.17, 15) is 9.90 Å². The third-order valence-electron chi connectivity index (χ3n) is 4.95. The van der Waals surface area contributed by atoms with E-state index in [-0.39, 0.29) is 11.9 Å². The number of likely N-dealkylation sites (tertiary alicyclic amines) is 2. The number of aromatic nitrogens is 1. The van der Waals surface area contributed by atoms with Crippen molar-refractivity contribution >= 4 is 17.2 Å². The largest absolute Gasteiger partial charge is 0.390 e. The number of hydrogen-bond donors (Lipinski definition) is 2. The third-order valence-corrected chi connectivity index (χ3v) is 5.58. The van der Waals surface area contributed by atoms with Crippen LogP contribution in [-0.4, -0.2) is 70.7 Å². The molecule has 3 heterocycles. The second kappa shape index (κ2) is 8.89. The Labute approximate surface area is 147 Å². The summed E-state index contributed by atoms with van der Waals surface area (Å²) in [6.07, 6.45) is 5.19. The minimum atomic E-state index is -0.509. The van der Waals surface area contributed by atoms with Crippen LogP contribution in [-0.2, 0) is 11.3 Å². The summed E-state index contributed by atoms with van der Waals surface area (Å²) in [5.41, 5.74) is 2.89. The number of thiazole rings is 1. The van der Waals surface area contributed by atoms with Crippen molar-refractivity contribution < 1.29 is 9.90 Å². The molecule has 0 aliphatic carbocycles. The van der Waals surface area contributed by atoms with Gasteiger partial charge in [0, 0.05) is 25.0 Å². The van der Waals surface area contributed by atoms with Crippen molar-refractivity contribution in [2.75, 3.05) is 32.7 Å². The number of rotatable bonds is 5. The van der Waals surface area contributed by atoms with Crippen molar-refractivity contribution in [1.82, 2.24) is 20.1 Å². The number of carbonyl (C=O) groups excluding carboxylic acids is 1. The highest BCUT2D eigenvalue weighted by molar-refractivity contribution is 7.07. The number of amides is 1. The van der Waals surface area contributed by atoms with Crippen LogP contribution in [0.25, 0.3) is 0 Å². The number of nitrogens with zero attached hydrogens (tertiary/aromatic N) is 3. The SMILES string of the molecule is O=C(CN1CCCCCC1)NC1CCN(Cc2cscn2)CC1O. The van der Waals surface area contributed by atoms with Gasteiger partial charge in [0.05, 0.1) is 29.9 Å². The van der Waals surface area contributed by atoms with Gasteiger partial charge in [-0.2, -0.15) is 0 Å². The fourth-order valence-corrected chi connectivity index (χ4v) is 4.15. The molecule has 0 bridgehead atoms. The molecule has 2 aliphatic rings. The zero-order valence-corrected chi connectivity index (χ0v) is 15.0. The Kier molecular flexibility index (Phi) is 6.59. The summed E-state index contributed by atoms with van der Waals surface area (Å²) in [4.78, 5) is 21.0. The molecular weight excluding hydrogens is 324 g/mol. The lowest BCUT2D eigenvalue weighted by molar-refractivity contribution is -0.124. The van der Waals surface area contributed by atoms with Gasteiger partial charge in [-0.3, -0.25) is 14.6 Å². The Hall–Kier alpha value is -1.02. The van der Waals surface area contributed by atoms with E-state index in [0.717, 1.165) is 38.3 Å². The third kappa shape index (κ3) is 5.24. The number of nitrogens with one attached hydrogen (secondary N) is 1. The molecule has 2 saturated heterocycles. The van der Waals surface area contributed by atoms with Gasteiger partial charge in [0.1, 0.15) is 0 Å². The van der Waals surface area contributed by atoms with Crippen LogP contribution >= 0.6 is 11.3 Å². The number of piperidine rings is 1. The molecule has 1 aromatic rings. The molecule has 1 amide bonds. The fourth-order valence-electron chi connectivity index (χ4n) is 3.60. The summed E-state index contributed by atoms with van der Waals surface area (Å²) >= 11 is 1.59. The van der Waals surface area contributed by atoms with E-state index < -0.39 is 6.10 Å². The maximum absolute atomic E-state index is 12.3. The van der Waals surface area contributed by atoms with Crippen LogP contribution in [0, 0.1) is 0 Å². The maximum Gasteiger partial charge on any atom is 0.234 e. The van der Waals surface area contributed by atoms with Gasteiger partial charge >= 0.3 is 0 Å². The van der Waals surface area contributed by atoms with Gasteiger partial charge in [0.2, 0.25) is 5.91 Å². The fraction of sp³-hybridized carbons (Fsp3) is 0.765. The Balaban J connectivity index is 1.41. The average molecular weight is 353 g/mol. The first-order chi connectivity index (χ1) is 11.7. The Morgan fingerprint density at radius 1 is 1.25 bits per heavy atom. The van der Waals surface area contributed by atoms with Crippen LogP contribution < -0.4 is 5.32 Å². The monoisotopic (exact) mass is 352 g/mol. The topological polar surface area (TPSA) is 68.7 Å². The van der Waals surface area contributed by atoms with Gasteiger partial charge in [-0.05, 0) is 32.4 Å². The Morgan fingerprint density at radius 3 is 2.71 bits per heavy atom. The number of carbonyl (C=O) groups is 1. The van der Waals surface area contributed by atoms with E-state index in [1.54, 1.807) is 11.3 Å². The Morgan fingerprint density at radius 2 is 2.04 bits per heavy atom. The van der Waals surface area contributed by atoms with Crippen LogP contribution in [0.15, 0.2) is 10.9 Å². The van der Waals surface area contributed by atoms with Gasteiger partial charge in [-0.1, -0.05) is 12.8 Å². The van der Waals surface area contributed by atoms with Gasteiger partial charge in [0.15, 0.2) is 0 Å². The molecule has 0 radical (unpaired) electrons. The quantitative estimate of drug-likeness (QED) is 0.830. The molecule has 24 heavy (non-hydrogen) atoms. The van der Waals surface area contributed by atoms with E-state index in [4.69, 9.17) is 0 Å². The molecule has 2 atom stereocenters. The van der Waals surface area contributed by atoms with Crippen LogP contribution in [0.5, 0.6) is 0 Å². The molecule has 6 nitrogen and oxygen atoms in total. The standard InChI is InChI=1S/C17H28N4O2S/c22-16-10-21(9-14-12-24-13-18-14)8-5-15(16)19-17(23)11-20-6-3-1-2-4-7-20/h12-13,15-16,22H,1-11H2,(H,19,23). The smallest absolute Gasteiger partial charge is 0.234 e. The van der Waals surface area contributed by atoms with Gasteiger partial charge in [0.25, 0.3) is 0 Å². The molecule has 1 aromatic heterocycles. The molecule has 3 rings (SSSR count). The van der Waals surface area contributed by atoms with E-state index >= 15 is 0 Å². The zero-order valence-electron chi connectivity index (χ0n) is 14.2. The van der Waals surface area contributed by atoms with E-state index in [1.807, 2.05) is 10.9 Å². The second-order valence-electron chi connectivity index (χ2n) is 6.94. The first kappa shape index (κ1) is 17.8. The molecule has 0 saturated carbocycles. The molecule has 0 aromatic carbocycles. The van der Waals surface area contributed by atoms with E-state index in [1.165, 1.54) is 25.7 Å². The van der Waals surface area contributed by atoms with Gasteiger partial charge in [-0.25, -0.2) is 4.98 Å². The average Bonchev–Trinajstić information content (AvgIpc) is 2.93. The summed E-state index contributed by atoms with van der Waals surface area (Å²) < 4.78 is 0. The van der Waals surface area contributed by atoms with Crippen LogP contribution in [0.3, 0.4) is 0 Å². The molecule has 2 N–H and O–H groups in total. The van der Waals surface area contributed by atoms with Gasteiger partial charge in [-0.15, -0.1) is 11.3 Å². The molecule has 2 unspecified atom stereocenters. The molecule has 7 heteroatoms. The van der Waals surface area contributed by atoms with E-state index in [0.29, 0.717) is 13.1 Å². The van der Waals surface area contributed by atoms with Crippen LogP contribution in [0.1, 0.15) is 37.8 Å². The number of aliphatic hydroxyl groups excluding tert-OH is 1. The summed E-state index contributed by atoms with van der Waals surface area (Å²) in [7, 11) is 0. The van der Waals surface area contributed by atoms with Gasteiger partial charge < -0.3 is 10.4 Å². The summed E-state index contributed by atoms with van der Waals surface area (Å²) in [6, 6.07) is -0.129. The predicted octanol–water partition coefficient (Wildman–Crippen LogP) is 1.07. The normalized spacial score (nSPS) is 26.9. The molecule has 2 aliphatic heterocycles. The highest BCUT2D eigenvalue weighted by Gasteiger charge is 2.29. The Bertz CT molecular complexity index is 503. The lowest BCUT2D eigenvalue weighted by atomic mass is 10.0. The summed E-state index contributed by atoms with van der Waals surface area (Å²) in [5, 5.41) is 15.5. The zero-order chi connectivity index (χ0) is 16.8. The molecule has 0 spiro atoms. The van der Waals surface area contributed by atoms with Crippen molar-refractivity contribution in [3.8, 4) is 0 Å². The van der Waals surface area contributed by atoms with Crippen molar-refractivity contribution in [2.45, 2.75) is 50.8 Å². The first-order valence-electron chi connectivity index (χ1n) is 9.00. The molecule has 134 valence electrons. The van der Waals surface area contributed by atoms with Crippen molar-refractivity contribution in [1.29, 1.82) is 0 Å². The van der Waals surface area contributed by atoms with Crippen LogP contribution in [0.2, 0.25) is 0 Å². The second-order valence-corrected chi connectivity index (χ2v) is 7.65. The number of hydrogen-bond acceptors (Lipinski definition) is 6. The minimum Gasteiger partial charge on any atom is -0.390 e. The summed E-state index contributed by atoms with van der Waals surface area (Å²) in [6.45, 7) is 4.74. The highest BCUT2D eigenvalue weighted by Crippen LogP contribution is 2.15. The number of β-amino-alcohol motifs (C(OH)–C–C–N with tert-alkyl or cyclic N) is 1.